The monoisotopic (exact) mass is 359 g/mol. The van der Waals surface area contributed by atoms with Crippen molar-refractivity contribution >= 4 is 11.6 Å². The molecule has 7 heteroatoms. The third-order valence-corrected chi connectivity index (χ3v) is 3.88. The molecule has 26 heavy (non-hydrogen) atoms. The smallest absolute Gasteiger partial charge is 0.387 e. The van der Waals surface area contributed by atoms with Gasteiger partial charge in [-0.2, -0.15) is 14.0 Å². The Balaban J connectivity index is 1.94. The highest BCUT2D eigenvalue weighted by Crippen LogP contribution is 2.17. The number of amides is 1. The van der Waals surface area contributed by atoms with Crippen LogP contribution in [0, 0.1) is 11.3 Å². The Morgan fingerprint density at radius 1 is 1.27 bits per heavy atom. The number of halogens is 2. The van der Waals surface area contributed by atoms with Crippen molar-refractivity contribution in [3.05, 3.63) is 59.7 Å². The SMILES string of the molecule is CC(C(=O)Nc1cccc(C#N)c1)N(C)Cc1ccc(OC(F)F)cc1. The lowest BCUT2D eigenvalue weighted by Crippen LogP contribution is -2.39. The fraction of sp³-hybridized carbons (Fsp3) is 0.263. The second-order valence-corrected chi connectivity index (χ2v) is 5.80. The summed E-state index contributed by atoms with van der Waals surface area (Å²) < 4.78 is 28.6. The summed E-state index contributed by atoms with van der Waals surface area (Å²) in [6, 6.07) is 14.6. The lowest BCUT2D eigenvalue weighted by Gasteiger charge is -2.24. The molecule has 0 aliphatic carbocycles. The molecule has 0 saturated heterocycles. The third kappa shape index (κ3) is 5.53. The van der Waals surface area contributed by atoms with Crippen LogP contribution >= 0.6 is 0 Å². The van der Waals surface area contributed by atoms with Crippen LogP contribution in [0.15, 0.2) is 48.5 Å². The van der Waals surface area contributed by atoms with Crippen LogP contribution in [0.5, 0.6) is 5.75 Å². The molecule has 1 atom stereocenters. The van der Waals surface area contributed by atoms with Crippen LogP contribution in [0.2, 0.25) is 0 Å². The Bertz CT molecular complexity index is 788. The Morgan fingerprint density at radius 2 is 1.96 bits per heavy atom. The maximum atomic E-state index is 12.4. The van der Waals surface area contributed by atoms with Gasteiger partial charge < -0.3 is 10.1 Å². The zero-order valence-electron chi connectivity index (χ0n) is 14.4. The van der Waals surface area contributed by atoms with Crippen molar-refractivity contribution in [3.63, 3.8) is 0 Å². The summed E-state index contributed by atoms with van der Waals surface area (Å²) in [6.45, 7) is -0.633. The fourth-order valence-corrected chi connectivity index (χ4v) is 2.31. The number of anilines is 1. The van der Waals surface area contributed by atoms with E-state index in [1.54, 1.807) is 50.4 Å². The predicted octanol–water partition coefficient (Wildman–Crippen LogP) is 3.62. The normalized spacial score (nSPS) is 11.9. The van der Waals surface area contributed by atoms with Crippen molar-refractivity contribution in [2.24, 2.45) is 0 Å². The summed E-state index contributed by atoms with van der Waals surface area (Å²) in [6.07, 6.45) is 0. The number of hydrogen-bond acceptors (Lipinski definition) is 4. The van der Waals surface area contributed by atoms with Crippen molar-refractivity contribution in [1.29, 1.82) is 5.26 Å². The largest absolute Gasteiger partial charge is 0.435 e. The maximum Gasteiger partial charge on any atom is 0.387 e. The first-order chi connectivity index (χ1) is 12.4. The number of nitriles is 1. The van der Waals surface area contributed by atoms with Gasteiger partial charge in [0.15, 0.2) is 0 Å². The minimum atomic E-state index is -2.85. The van der Waals surface area contributed by atoms with Gasteiger partial charge in [0.2, 0.25) is 5.91 Å². The number of ether oxygens (including phenoxy) is 1. The molecule has 0 aliphatic heterocycles. The first-order valence-electron chi connectivity index (χ1n) is 7.94. The van der Waals surface area contributed by atoms with E-state index in [1.165, 1.54) is 12.1 Å². The quantitative estimate of drug-likeness (QED) is 0.820. The molecule has 0 spiro atoms. The zero-order valence-corrected chi connectivity index (χ0v) is 14.4. The van der Waals surface area contributed by atoms with Crippen LogP contribution in [0.4, 0.5) is 14.5 Å². The second kappa shape index (κ2) is 8.92. The van der Waals surface area contributed by atoms with Gasteiger partial charge in [-0.1, -0.05) is 18.2 Å². The predicted molar refractivity (Wildman–Crippen MR) is 93.8 cm³/mol. The molecule has 0 heterocycles. The van der Waals surface area contributed by atoms with Gasteiger partial charge in [0.05, 0.1) is 17.7 Å². The van der Waals surface area contributed by atoms with Crippen molar-refractivity contribution in [3.8, 4) is 11.8 Å². The van der Waals surface area contributed by atoms with E-state index in [-0.39, 0.29) is 11.7 Å². The van der Waals surface area contributed by atoms with Crippen LogP contribution in [-0.4, -0.2) is 30.5 Å². The number of likely N-dealkylation sites (N-methyl/N-ethyl adjacent to an activating group) is 1. The van der Waals surface area contributed by atoms with Gasteiger partial charge in [0, 0.05) is 12.2 Å². The van der Waals surface area contributed by atoms with Crippen LogP contribution in [0.3, 0.4) is 0 Å². The summed E-state index contributed by atoms with van der Waals surface area (Å²) in [4.78, 5) is 14.2. The lowest BCUT2D eigenvalue weighted by atomic mass is 10.1. The molecular weight excluding hydrogens is 340 g/mol. The van der Waals surface area contributed by atoms with E-state index in [1.807, 2.05) is 11.0 Å². The molecule has 1 amide bonds. The maximum absolute atomic E-state index is 12.4. The molecule has 0 aliphatic rings. The lowest BCUT2D eigenvalue weighted by molar-refractivity contribution is -0.120. The molecule has 1 unspecified atom stereocenters. The van der Waals surface area contributed by atoms with Gasteiger partial charge in [0.1, 0.15) is 5.75 Å². The first-order valence-corrected chi connectivity index (χ1v) is 7.94. The van der Waals surface area contributed by atoms with E-state index in [9.17, 15) is 13.6 Å². The number of carbonyl (C=O) groups excluding carboxylic acids is 1. The molecule has 0 fully saturated rings. The molecule has 136 valence electrons. The van der Waals surface area contributed by atoms with Crippen LogP contribution in [-0.2, 0) is 11.3 Å². The van der Waals surface area contributed by atoms with Gasteiger partial charge in [-0.05, 0) is 49.9 Å². The van der Waals surface area contributed by atoms with E-state index in [0.29, 0.717) is 17.8 Å². The summed E-state index contributed by atoms with van der Waals surface area (Å²) in [5.74, 6) is -0.116. The number of alkyl halides is 2. The Hall–Kier alpha value is -2.98. The van der Waals surface area contributed by atoms with Crippen molar-refractivity contribution in [2.75, 3.05) is 12.4 Å². The highest BCUT2D eigenvalue weighted by molar-refractivity contribution is 5.94. The number of nitrogens with zero attached hydrogens (tertiary/aromatic N) is 2. The molecule has 5 nitrogen and oxygen atoms in total. The summed E-state index contributed by atoms with van der Waals surface area (Å²) in [7, 11) is 1.79. The van der Waals surface area contributed by atoms with E-state index < -0.39 is 12.7 Å². The van der Waals surface area contributed by atoms with Crippen LogP contribution in [0.1, 0.15) is 18.1 Å². The first kappa shape index (κ1) is 19.3. The van der Waals surface area contributed by atoms with Gasteiger partial charge in [-0.15, -0.1) is 0 Å². The topological polar surface area (TPSA) is 65.4 Å². The average molecular weight is 359 g/mol. The molecular formula is C19H19F2N3O2. The molecule has 0 saturated carbocycles. The van der Waals surface area contributed by atoms with Crippen molar-refractivity contribution in [2.45, 2.75) is 26.1 Å². The number of nitrogens with one attached hydrogen (secondary N) is 1. The number of benzene rings is 2. The molecule has 1 N–H and O–H groups in total. The number of rotatable bonds is 7. The standard InChI is InChI=1S/C19H19F2N3O2/c1-13(18(25)23-16-5-3-4-15(10-16)11-22)24(2)12-14-6-8-17(9-7-14)26-19(20)21/h3-10,13,19H,12H2,1-2H3,(H,23,25). The van der Waals surface area contributed by atoms with Crippen LogP contribution < -0.4 is 10.1 Å². The zero-order chi connectivity index (χ0) is 19.1. The Labute approximate surface area is 150 Å². The van der Waals surface area contributed by atoms with Crippen molar-refractivity contribution < 1.29 is 18.3 Å². The van der Waals surface area contributed by atoms with E-state index in [0.717, 1.165) is 5.56 Å². The fourth-order valence-electron chi connectivity index (χ4n) is 2.31. The number of hydrogen-bond donors (Lipinski definition) is 1. The Kier molecular flexibility index (Phi) is 6.64. The van der Waals surface area contributed by atoms with Crippen molar-refractivity contribution in [1.82, 2.24) is 4.90 Å². The molecule has 0 bridgehead atoms. The third-order valence-electron chi connectivity index (χ3n) is 3.88. The summed E-state index contributed by atoms with van der Waals surface area (Å²) >= 11 is 0. The van der Waals surface area contributed by atoms with Gasteiger partial charge >= 0.3 is 6.61 Å². The van der Waals surface area contributed by atoms with Gasteiger partial charge in [-0.25, -0.2) is 0 Å². The molecule has 2 aromatic rings. The summed E-state index contributed by atoms with van der Waals surface area (Å²) in [5, 5.41) is 11.7. The average Bonchev–Trinajstić information content (AvgIpc) is 2.62. The Morgan fingerprint density at radius 3 is 2.58 bits per heavy atom. The molecule has 0 aromatic heterocycles. The summed E-state index contributed by atoms with van der Waals surface area (Å²) in [5.41, 5.74) is 1.89. The molecule has 2 rings (SSSR count). The van der Waals surface area contributed by atoms with Gasteiger partial charge in [0.25, 0.3) is 0 Å². The van der Waals surface area contributed by atoms with Gasteiger partial charge in [-0.3, -0.25) is 9.69 Å². The second-order valence-electron chi connectivity index (χ2n) is 5.80. The van der Waals surface area contributed by atoms with Crippen LogP contribution in [0.25, 0.3) is 0 Å². The highest BCUT2D eigenvalue weighted by atomic mass is 19.3. The minimum absolute atomic E-state index is 0.0922. The van der Waals surface area contributed by atoms with E-state index >= 15 is 0 Å². The minimum Gasteiger partial charge on any atom is -0.435 e. The van der Waals surface area contributed by atoms with E-state index in [2.05, 4.69) is 10.1 Å². The molecule has 0 radical (unpaired) electrons. The molecule has 2 aromatic carbocycles. The number of carbonyl (C=O) groups is 1. The van der Waals surface area contributed by atoms with E-state index in [4.69, 9.17) is 5.26 Å². The highest BCUT2D eigenvalue weighted by Gasteiger charge is 2.18.